The van der Waals surface area contributed by atoms with Crippen molar-refractivity contribution in [3.05, 3.63) is 0 Å². The number of amides is 1. The number of hydrogen-bond donors (Lipinski definition) is 1. The number of carbonyl (C=O) groups excluding carboxylic acids is 1. The zero-order valence-corrected chi connectivity index (χ0v) is 12.2. The molecule has 1 saturated heterocycles. The van der Waals surface area contributed by atoms with Gasteiger partial charge in [-0.05, 0) is 25.8 Å². The minimum atomic E-state index is -0.00440. The monoisotopic (exact) mass is 256 g/mol. The summed E-state index contributed by atoms with van der Waals surface area (Å²) in [5.41, 5.74) is 0. The smallest absolute Gasteiger partial charge is 0.229 e. The summed E-state index contributed by atoms with van der Waals surface area (Å²) in [5.74, 6) is 0.755. The SMILES string of the molecule is CCCNC1COCC1C(=O)N(CC)CC(C)C. The molecule has 0 radical (unpaired) electrons. The first-order chi connectivity index (χ1) is 8.60. The molecule has 1 amide bonds. The van der Waals surface area contributed by atoms with Crippen LogP contribution in [-0.2, 0) is 9.53 Å². The van der Waals surface area contributed by atoms with Gasteiger partial charge in [-0.25, -0.2) is 0 Å². The third-order valence-corrected chi connectivity index (χ3v) is 3.33. The van der Waals surface area contributed by atoms with Crippen LogP contribution in [0.15, 0.2) is 0 Å². The van der Waals surface area contributed by atoms with Crippen LogP contribution in [0.2, 0.25) is 0 Å². The minimum absolute atomic E-state index is 0.00440. The summed E-state index contributed by atoms with van der Waals surface area (Å²) in [4.78, 5) is 14.5. The molecule has 0 bridgehead atoms. The Hall–Kier alpha value is -0.610. The fourth-order valence-electron chi connectivity index (χ4n) is 2.38. The molecule has 106 valence electrons. The number of carbonyl (C=O) groups is 1. The lowest BCUT2D eigenvalue weighted by molar-refractivity contribution is -0.136. The van der Waals surface area contributed by atoms with Crippen molar-refractivity contribution in [3.63, 3.8) is 0 Å². The molecular weight excluding hydrogens is 228 g/mol. The molecule has 4 heteroatoms. The molecule has 0 spiro atoms. The average molecular weight is 256 g/mol. The van der Waals surface area contributed by atoms with Crippen LogP contribution >= 0.6 is 0 Å². The normalized spacial score (nSPS) is 23.6. The fourth-order valence-corrected chi connectivity index (χ4v) is 2.38. The highest BCUT2D eigenvalue weighted by atomic mass is 16.5. The topological polar surface area (TPSA) is 41.6 Å². The lowest BCUT2D eigenvalue weighted by Gasteiger charge is -2.28. The van der Waals surface area contributed by atoms with Gasteiger partial charge in [-0.3, -0.25) is 4.79 Å². The second-order valence-corrected chi connectivity index (χ2v) is 5.48. The largest absolute Gasteiger partial charge is 0.379 e. The first kappa shape index (κ1) is 15.4. The van der Waals surface area contributed by atoms with Gasteiger partial charge in [-0.15, -0.1) is 0 Å². The van der Waals surface area contributed by atoms with Crippen molar-refractivity contribution < 1.29 is 9.53 Å². The maximum atomic E-state index is 12.5. The van der Waals surface area contributed by atoms with Crippen LogP contribution in [0.25, 0.3) is 0 Å². The molecule has 4 nitrogen and oxygen atoms in total. The van der Waals surface area contributed by atoms with E-state index in [0.29, 0.717) is 19.1 Å². The molecule has 1 fully saturated rings. The van der Waals surface area contributed by atoms with E-state index in [9.17, 15) is 4.79 Å². The van der Waals surface area contributed by atoms with Gasteiger partial charge in [-0.2, -0.15) is 0 Å². The van der Waals surface area contributed by atoms with Gasteiger partial charge in [0, 0.05) is 19.1 Å². The Balaban J connectivity index is 2.56. The second kappa shape index (κ2) is 7.74. The molecule has 1 N–H and O–H groups in total. The fraction of sp³-hybridized carbons (Fsp3) is 0.929. The van der Waals surface area contributed by atoms with E-state index in [-0.39, 0.29) is 17.9 Å². The minimum Gasteiger partial charge on any atom is -0.379 e. The van der Waals surface area contributed by atoms with Gasteiger partial charge < -0.3 is 15.0 Å². The maximum absolute atomic E-state index is 12.5. The Labute approximate surface area is 111 Å². The summed E-state index contributed by atoms with van der Waals surface area (Å²) in [7, 11) is 0. The summed E-state index contributed by atoms with van der Waals surface area (Å²) >= 11 is 0. The lowest BCUT2D eigenvalue weighted by atomic mass is 10.0. The van der Waals surface area contributed by atoms with Crippen molar-refractivity contribution in [2.45, 2.75) is 40.2 Å². The molecule has 2 atom stereocenters. The second-order valence-electron chi connectivity index (χ2n) is 5.48. The van der Waals surface area contributed by atoms with Crippen molar-refractivity contribution in [2.24, 2.45) is 11.8 Å². The summed E-state index contributed by atoms with van der Waals surface area (Å²) < 4.78 is 5.48. The lowest BCUT2D eigenvalue weighted by Crippen LogP contribution is -2.46. The van der Waals surface area contributed by atoms with Gasteiger partial charge in [0.15, 0.2) is 0 Å². The van der Waals surface area contributed by atoms with E-state index in [1.165, 1.54) is 0 Å². The maximum Gasteiger partial charge on any atom is 0.229 e. The van der Waals surface area contributed by atoms with Crippen LogP contribution in [0.5, 0.6) is 0 Å². The molecule has 1 rings (SSSR count). The van der Waals surface area contributed by atoms with E-state index in [4.69, 9.17) is 4.74 Å². The highest BCUT2D eigenvalue weighted by Gasteiger charge is 2.35. The Bertz CT molecular complexity index is 256. The molecule has 0 saturated carbocycles. The summed E-state index contributed by atoms with van der Waals surface area (Å²) in [6.07, 6.45) is 1.08. The van der Waals surface area contributed by atoms with Crippen molar-refractivity contribution in [1.82, 2.24) is 10.2 Å². The number of rotatable bonds is 7. The van der Waals surface area contributed by atoms with Gasteiger partial charge in [-0.1, -0.05) is 20.8 Å². The van der Waals surface area contributed by atoms with Crippen LogP contribution in [0.1, 0.15) is 34.1 Å². The zero-order chi connectivity index (χ0) is 13.5. The van der Waals surface area contributed by atoms with E-state index in [1.54, 1.807) is 0 Å². The predicted molar refractivity (Wildman–Crippen MR) is 73.5 cm³/mol. The zero-order valence-electron chi connectivity index (χ0n) is 12.2. The van der Waals surface area contributed by atoms with Crippen molar-refractivity contribution in [3.8, 4) is 0 Å². The Kier molecular flexibility index (Phi) is 6.65. The van der Waals surface area contributed by atoms with Crippen LogP contribution in [0, 0.1) is 11.8 Å². The molecule has 0 aromatic heterocycles. The Morgan fingerprint density at radius 1 is 1.39 bits per heavy atom. The molecule has 1 aliphatic heterocycles. The van der Waals surface area contributed by atoms with Gasteiger partial charge in [0.25, 0.3) is 0 Å². The quantitative estimate of drug-likeness (QED) is 0.750. The van der Waals surface area contributed by atoms with Crippen molar-refractivity contribution in [1.29, 1.82) is 0 Å². The number of ether oxygens (including phenoxy) is 1. The molecule has 0 aliphatic carbocycles. The van der Waals surface area contributed by atoms with E-state index in [1.807, 2.05) is 11.8 Å². The highest BCUT2D eigenvalue weighted by molar-refractivity contribution is 5.80. The van der Waals surface area contributed by atoms with Gasteiger partial charge >= 0.3 is 0 Å². The average Bonchev–Trinajstić information content (AvgIpc) is 2.80. The van der Waals surface area contributed by atoms with E-state index >= 15 is 0 Å². The highest BCUT2D eigenvalue weighted by Crippen LogP contribution is 2.17. The Morgan fingerprint density at radius 3 is 2.67 bits per heavy atom. The molecular formula is C14H28N2O2. The van der Waals surface area contributed by atoms with E-state index in [2.05, 4.69) is 26.1 Å². The molecule has 2 unspecified atom stereocenters. The molecule has 0 aromatic carbocycles. The summed E-state index contributed by atoms with van der Waals surface area (Å²) in [5, 5.41) is 3.42. The molecule has 0 aromatic rings. The summed E-state index contributed by atoms with van der Waals surface area (Å²) in [6, 6.07) is 0.193. The van der Waals surface area contributed by atoms with E-state index in [0.717, 1.165) is 26.1 Å². The predicted octanol–water partition coefficient (Wildman–Crippen LogP) is 1.51. The van der Waals surface area contributed by atoms with Gasteiger partial charge in [0.2, 0.25) is 5.91 Å². The van der Waals surface area contributed by atoms with Gasteiger partial charge in [0.05, 0.1) is 19.1 Å². The Morgan fingerprint density at radius 2 is 2.11 bits per heavy atom. The number of nitrogens with zero attached hydrogens (tertiary/aromatic N) is 1. The molecule has 1 heterocycles. The van der Waals surface area contributed by atoms with Crippen LogP contribution in [0.3, 0.4) is 0 Å². The van der Waals surface area contributed by atoms with Crippen LogP contribution in [-0.4, -0.2) is 49.7 Å². The van der Waals surface area contributed by atoms with E-state index < -0.39 is 0 Å². The first-order valence-corrected chi connectivity index (χ1v) is 7.20. The third kappa shape index (κ3) is 4.25. The third-order valence-electron chi connectivity index (χ3n) is 3.33. The first-order valence-electron chi connectivity index (χ1n) is 7.20. The van der Waals surface area contributed by atoms with Gasteiger partial charge in [0.1, 0.15) is 0 Å². The van der Waals surface area contributed by atoms with Crippen LogP contribution in [0.4, 0.5) is 0 Å². The molecule has 18 heavy (non-hydrogen) atoms. The summed E-state index contributed by atoms with van der Waals surface area (Å²) in [6.45, 7) is 12.3. The van der Waals surface area contributed by atoms with Crippen molar-refractivity contribution >= 4 is 5.91 Å². The number of nitrogens with one attached hydrogen (secondary N) is 1. The number of hydrogen-bond acceptors (Lipinski definition) is 3. The van der Waals surface area contributed by atoms with Crippen LogP contribution < -0.4 is 5.32 Å². The molecule has 1 aliphatic rings. The standard InChI is InChI=1S/C14H28N2O2/c1-5-7-15-13-10-18-9-12(13)14(17)16(6-2)8-11(3)4/h11-13,15H,5-10H2,1-4H3. The van der Waals surface area contributed by atoms with Crippen molar-refractivity contribution in [2.75, 3.05) is 32.8 Å².